The second-order valence-corrected chi connectivity index (χ2v) is 2.24. The van der Waals surface area contributed by atoms with E-state index in [1.54, 1.807) is 6.08 Å². The first-order valence-electron chi connectivity index (χ1n) is 3.60. The number of allylic oxidation sites excluding steroid dienone is 4. The number of aldehydes is 1. The summed E-state index contributed by atoms with van der Waals surface area (Å²) >= 11 is 0. The summed E-state index contributed by atoms with van der Waals surface area (Å²) in [6.45, 7) is 4.05. The highest BCUT2D eigenvalue weighted by Crippen LogP contribution is 1.96. The van der Waals surface area contributed by atoms with Crippen molar-refractivity contribution in [3.8, 4) is 0 Å². The number of hydrogen-bond donors (Lipinski definition) is 0. The Morgan fingerprint density at radius 2 is 2.20 bits per heavy atom. The van der Waals surface area contributed by atoms with Crippen molar-refractivity contribution in [1.82, 2.24) is 0 Å². The van der Waals surface area contributed by atoms with Crippen molar-refractivity contribution >= 4 is 6.29 Å². The lowest BCUT2D eigenvalue weighted by Gasteiger charge is -1.86. The molecule has 0 aliphatic heterocycles. The van der Waals surface area contributed by atoms with Crippen molar-refractivity contribution in [1.29, 1.82) is 0 Å². The molecule has 0 unspecified atom stereocenters. The maximum atomic E-state index is 9.94. The first-order valence-corrected chi connectivity index (χ1v) is 3.60. The van der Waals surface area contributed by atoms with Crippen molar-refractivity contribution in [2.24, 2.45) is 0 Å². The van der Waals surface area contributed by atoms with Gasteiger partial charge in [-0.15, -0.1) is 0 Å². The van der Waals surface area contributed by atoms with Crippen LogP contribution in [0.2, 0.25) is 0 Å². The summed E-state index contributed by atoms with van der Waals surface area (Å²) in [5, 5.41) is 0. The molecule has 1 nitrogen and oxygen atoms in total. The summed E-state index contributed by atoms with van der Waals surface area (Å²) in [5.41, 5.74) is 1.02. The van der Waals surface area contributed by atoms with Gasteiger partial charge in [-0.2, -0.15) is 0 Å². The molecule has 0 saturated heterocycles. The fraction of sp³-hybridized carbons (Fsp3) is 0.444. The molecule has 0 bridgehead atoms. The molecule has 0 spiro atoms. The maximum absolute atomic E-state index is 9.94. The van der Waals surface area contributed by atoms with Crippen molar-refractivity contribution < 1.29 is 4.79 Å². The Morgan fingerprint density at radius 1 is 1.50 bits per heavy atom. The van der Waals surface area contributed by atoms with E-state index in [-0.39, 0.29) is 0 Å². The predicted molar refractivity (Wildman–Crippen MR) is 43.9 cm³/mol. The summed E-state index contributed by atoms with van der Waals surface area (Å²) in [6, 6.07) is 0. The SMILES string of the molecule is CCCC=CC(C)=CC=O. The van der Waals surface area contributed by atoms with Gasteiger partial charge in [-0.3, -0.25) is 4.79 Å². The fourth-order valence-electron chi connectivity index (χ4n) is 0.599. The van der Waals surface area contributed by atoms with Gasteiger partial charge in [0.15, 0.2) is 0 Å². The molecule has 10 heavy (non-hydrogen) atoms. The van der Waals surface area contributed by atoms with Crippen LogP contribution in [0.25, 0.3) is 0 Å². The van der Waals surface area contributed by atoms with E-state index in [0.717, 1.165) is 24.7 Å². The molecule has 1 heteroatoms. The van der Waals surface area contributed by atoms with E-state index in [9.17, 15) is 4.79 Å². The van der Waals surface area contributed by atoms with E-state index in [0.29, 0.717) is 0 Å². The quantitative estimate of drug-likeness (QED) is 0.331. The van der Waals surface area contributed by atoms with Gasteiger partial charge in [-0.05, 0) is 25.0 Å². The number of carbonyl (C=O) groups excluding carboxylic acids is 1. The van der Waals surface area contributed by atoms with Gasteiger partial charge in [0.2, 0.25) is 0 Å². The molecule has 0 fully saturated rings. The Morgan fingerprint density at radius 3 is 2.70 bits per heavy atom. The third kappa shape index (κ3) is 5.29. The number of carbonyl (C=O) groups is 1. The monoisotopic (exact) mass is 138 g/mol. The average Bonchev–Trinajstić information content (AvgIpc) is 1.89. The van der Waals surface area contributed by atoms with Crippen LogP contribution in [0.5, 0.6) is 0 Å². The third-order valence-electron chi connectivity index (χ3n) is 1.17. The Balaban J connectivity index is 3.65. The molecule has 0 atom stereocenters. The molecular formula is C9H14O. The van der Waals surface area contributed by atoms with Crippen LogP contribution < -0.4 is 0 Å². The van der Waals surface area contributed by atoms with Crippen LogP contribution in [0, 0.1) is 0 Å². The van der Waals surface area contributed by atoms with E-state index < -0.39 is 0 Å². The van der Waals surface area contributed by atoms with Gasteiger partial charge in [0, 0.05) is 0 Å². The molecule has 0 aliphatic carbocycles. The highest BCUT2D eigenvalue weighted by molar-refractivity contribution is 5.66. The van der Waals surface area contributed by atoms with Gasteiger partial charge in [-0.25, -0.2) is 0 Å². The summed E-state index contributed by atoms with van der Waals surface area (Å²) < 4.78 is 0. The summed E-state index contributed by atoms with van der Waals surface area (Å²) in [4.78, 5) is 9.94. The number of unbranched alkanes of at least 4 members (excludes halogenated alkanes) is 1. The van der Waals surface area contributed by atoms with Crippen molar-refractivity contribution in [3.63, 3.8) is 0 Å². The first-order chi connectivity index (χ1) is 4.81. The van der Waals surface area contributed by atoms with Crippen LogP contribution in [-0.2, 0) is 4.79 Å². The normalized spacial score (nSPS) is 12.4. The van der Waals surface area contributed by atoms with Gasteiger partial charge < -0.3 is 0 Å². The fourth-order valence-corrected chi connectivity index (χ4v) is 0.599. The number of hydrogen-bond acceptors (Lipinski definition) is 1. The zero-order valence-electron chi connectivity index (χ0n) is 6.63. The molecule has 56 valence electrons. The zero-order chi connectivity index (χ0) is 7.82. The van der Waals surface area contributed by atoms with Crippen molar-refractivity contribution in [3.05, 3.63) is 23.8 Å². The smallest absolute Gasteiger partial charge is 0.143 e. The summed E-state index contributed by atoms with van der Waals surface area (Å²) in [7, 11) is 0. The van der Waals surface area contributed by atoms with Crippen LogP contribution in [-0.4, -0.2) is 6.29 Å². The largest absolute Gasteiger partial charge is 0.299 e. The van der Waals surface area contributed by atoms with Crippen LogP contribution in [0.3, 0.4) is 0 Å². The van der Waals surface area contributed by atoms with E-state index in [2.05, 4.69) is 13.0 Å². The second kappa shape index (κ2) is 6.27. The van der Waals surface area contributed by atoms with E-state index >= 15 is 0 Å². The molecule has 0 saturated carbocycles. The van der Waals surface area contributed by atoms with Crippen LogP contribution in [0.15, 0.2) is 23.8 Å². The second-order valence-electron chi connectivity index (χ2n) is 2.24. The van der Waals surface area contributed by atoms with Crippen molar-refractivity contribution in [2.45, 2.75) is 26.7 Å². The Kier molecular flexibility index (Phi) is 5.74. The van der Waals surface area contributed by atoms with E-state index in [1.165, 1.54) is 0 Å². The van der Waals surface area contributed by atoms with Crippen LogP contribution in [0.4, 0.5) is 0 Å². The molecule has 0 radical (unpaired) electrons. The zero-order valence-corrected chi connectivity index (χ0v) is 6.63. The summed E-state index contributed by atoms with van der Waals surface area (Å²) in [5.74, 6) is 0. The molecule has 0 heterocycles. The van der Waals surface area contributed by atoms with Gasteiger partial charge in [0.05, 0.1) is 0 Å². The molecule has 0 N–H and O–H groups in total. The third-order valence-corrected chi connectivity index (χ3v) is 1.17. The highest BCUT2D eigenvalue weighted by atomic mass is 16.1. The lowest BCUT2D eigenvalue weighted by Crippen LogP contribution is -1.69. The van der Waals surface area contributed by atoms with E-state index in [4.69, 9.17) is 0 Å². The van der Waals surface area contributed by atoms with E-state index in [1.807, 2.05) is 13.0 Å². The van der Waals surface area contributed by atoms with Crippen LogP contribution >= 0.6 is 0 Å². The first kappa shape index (κ1) is 9.15. The molecule has 0 aliphatic rings. The van der Waals surface area contributed by atoms with Gasteiger partial charge in [-0.1, -0.05) is 25.5 Å². The molecule has 0 aromatic rings. The minimum atomic E-state index is 0.811. The lowest BCUT2D eigenvalue weighted by molar-refractivity contribution is -0.104. The topological polar surface area (TPSA) is 17.1 Å². The van der Waals surface area contributed by atoms with Crippen LogP contribution in [0.1, 0.15) is 26.7 Å². The van der Waals surface area contributed by atoms with Crippen molar-refractivity contribution in [2.75, 3.05) is 0 Å². The maximum Gasteiger partial charge on any atom is 0.143 e. The minimum absolute atomic E-state index is 0.811. The molecular weight excluding hydrogens is 124 g/mol. The summed E-state index contributed by atoms with van der Waals surface area (Å²) in [6.07, 6.45) is 8.67. The van der Waals surface area contributed by atoms with Gasteiger partial charge >= 0.3 is 0 Å². The lowest BCUT2D eigenvalue weighted by atomic mass is 10.2. The standard InChI is InChI=1S/C9H14O/c1-3-4-5-6-9(2)7-8-10/h5-8H,3-4H2,1-2H3. The molecule has 0 aromatic carbocycles. The molecule has 0 amide bonds. The Labute approximate surface area is 62.4 Å². The highest BCUT2D eigenvalue weighted by Gasteiger charge is 1.77. The van der Waals surface area contributed by atoms with Gasteiger partial charge in [0.1, 0.15) is 6.29 Å². The molecule has 0 rings (SSSR count). The number of rotatable bonds is 4. The minimum Gasteiger partial charge on any atom is -0.299 e. The average molecular weight is 138 g/mol. The Hall–Kier alpha value is -0.850. The van der Waals surface area contributed by atoms with Gasteiger partial charge in [0.25, 0.3) is 0 Å². The molecule has 0 aromatic heterocycles. The Bertz CT molecular complexity index is 143. The predicted octanol–water partition coefficient (Wildman–Crippen LogP) is 2.49.